The highest BCUT2D eigenvalue weighted by atomic mass is 16.3. The molecule has 2 aromatic rings. The minimum atomic E-state index is -0.927. The second kappa shape index (κ2) is 5.77. The van der Waals surface area contributed by atoms with Crippen LogP contribution in [0.25, 0.3) is 0 Å². The Kier molecular flexibility index (Phi) is 4.07. The first-order valence-electron chi connectivity index (χ1n) is 6.52. The second-order valence-electron chi connectivity index (χ2n) is 5.15. The molecule has 1 N–H and O–H groups in total. The molecule has 0 radical (unpaired) electrons. The van der Waals surface area contributed by atoms with Gasteiger partial charge in [-0.25, -0.2) is 0 Å². The number of aliphatic hydroxyl groups is 1. The maximum absolute atomic E-state index is 10.6. The van der Waals surface area contributed by atoms with Gasteiger partial charge in [-0.05, 0) is 36.8 Å². The minimum Gasteiger partial charge on any atom is -0.384 e. The summed E-state index contributed by atoms with van der Waals surface area (Å²) in [7, 11) is 1.93. The molecule has 0 aromatic heterocycles. The smallest absolute Gasteiger partial charge is 0.104 e. The fraction of sp³-hybridized carbons (Fsp3) is 0.235. The van der Waals surface area contributed by atoms with Gasteiger partial charge in [-0.3, -0.25) is 0 Å². The lowest BCUT2D eigenvalue weighted by molar-refractivity contribution is 0.0656. The largest absolute Gasteiger partial charge is 0.384 e. The lowest BCUT2D eigenvalue weighted by atomic mass is 9.95. The third kappa shape index (κ3) is 3.17. The van der Waals surface area contributed by atoms with Crippen molar-refractivity contribution in [2.45, 2.75) is 12.5 Å². The summed E-state index contributed by atoms with van der Waals surface area (Å²) >= 11 is 0. The Hall–Kier alpha value is -2.31. The predicted molar refractivity (Wildman–Crippen MR) is 80.4 cm³/mol. The van der Waals surface area contributed by atoms with E-state index in [1.807, 2.05) is 61.3 Å². The standard InChI is InChI=1S/C17H18N2O/c1-17(20,15-6-4-3-5-7-15)13-19(2)16-10-8-14(12-18)9-11-16/h3-11,20H,13H2,1-2H3. The SMILES string of the molecule is CN(CC(C)(O)c1ccccc1)c1ccc(C#N)cc1. The average molecular weight is 266 g/mol. The Morgan fingerprint density at radius 1 is 1.10 bits per heavy atom. The highest BCUT2D eigenvalue weighted by Gasteiger charge is 2.24. The molecule has 0 aliphatic carbocycles. The van der Waals surface area contributed by atoms with E-state index in [4.69, 9.17) is 5.26 Å². The van der Waals surface area contributed by atoms with Gasteiger partial charge in [-0.2, -0.15) is 5.26 Å². The first-order valence-corrected chi connectivity index (χ1v) is 6.52. The van der Waals surface area contributed by atoms with Crippen molar-refractivity contribution in [1.29, 1.82) is 5.26 Å². The van der Waals surface area contributed by atoms with E-state index in [1.54, 1.807) is 12.1 Å². The van der Waals surface area contributed by atoms with Gasteiger partial charge in [-0.1, -0.05) is 30.3 Å². The summed E-state index contributed by atoms with van der Waals surface area (Å²) < 4.78 is 0. The van der Waals surface area contributed by atoms with Gasteiger partial charge < -0.3 is 10.0 Å². The zero-order chi connectivity index (χ0) is 14.6. The Morgan fingerprint density at radius 3 is 2.25 bits per heavy atom. The van der Waals surface area contributed by atoms with E-state index in [1.165, 1.54) is 0 Å². The van der Waals surface area contributed by atoms with Crippen LogP contribution in [0, 0.1) is 11.3 Å². The summed E-state index contributed by atoms with van der Waals surface area (Å²) in [4.78, 5) is 1.98. The van der Waals surface area contributed by atoms with Crippen LogP contribution in [0.3, 0.4) is 0 Å². The monoisotopic (exact) mass is 266 g/mol. The van der Waals surface area contributed by atoms with E-state index in [-0.39, 0.29) is 0 Å². The molecule has 0 saturated heterocycles. The highest BCUT2D eigenvalue weighted by Crippen LogP contribution is 2.24. The van der Waals surface area contributed by atoms with Crippen LogP contribution in [0.4, 0.5) is 5.69 Å². The molecule has 0 aliphatic heterocycles. The molecule has 3 nitrogen and oxygen atoms in total. The quantitative estimate of drug-likeness (QED) is 0.925. The van der Waals surface area contributed by atoms with Crippen molar-refractivity contribution in [3.63, 3.8) is 0 Å². The average Bonchev–Trinajstić information content (AvgIpc) is 2.48. The van der Waals surface area contributed by atoms with E-state index < -0.39 is 5.60 Å². The maximum Gasteiger partial charge on any atom is 0.104 e. The molecule has 0 aliphatic rings. The molecule has 0 amide bonds. The van der Waals surface area contributed by atoms with Crippen LogP contribution < -0.4 is 4.90 Å². The number of nitriles is 1. The Bertz CT molecular complexity index is 597. The third-order valence-electron chi connectivity index (χ3n) is 3.38. The number of anilines is 1. The zero-order valence-corrected chi connectivity index (χ0v) is 11.7. The van der Waals surface area contributed by atoms with E-state index in [0.29, 0.717) is 12.1 Å². The molecule has 20 heavy (non-hydrogen) atoms. The van der Waals surface area contributed by atoms with Crippen LogP contribution in [0.5, 0.6) is 0 Å². The Balaban J connectivity index is 2.14. The number of nitrogens with zero attached hydrogens (tertiary/aromatic N) is 2. The molecular formula is C17H18N2O. The molecule has 102 valence electrons. The van der Waals surface area contributed by atoms with Crippen molar-refractivity contribution in [3.05, 3.63) is 65.7 Å². The lowest BCUT2D eigenvalue weighted by Gasteiger charge is -2.31. The van der Waals surface area contributed by atoms with E-state index in [2.05, 4.69) is 6.07 Å². The fourth-order valence-corrected chi connectivity index (χ4v) is 2.23. The van der Waals surface area contributed by atoms with Crippen LogP contribution in [0.2, 0.25) is 0 Å². The van der Waals surface area contributed by atoms with Gasteiger partial charge in [0, 0.05) is 12.7 Å². The van der Waals surface area contributed by atoms with Crippen molar-refractivity contribution in [3.8, 4) is 6.07 Å². The van der Waals surface area contributed by atoms with Gasteiger partial charge in [0.1, 0.15) is 5.60 Å². The molecule has 0 heterocycles. The molecule has 0 saturated carbocycles. The van der Waals surface area contributed by atoms with Gasteiger partial charge in [0.25, 0.3) is 0 Å². The fourth-order valence-electron chi connectivity index (χ4n) is 2.23. The molecule has 1 atom stereocenters. The van der Waals surface area contributed by atoms with Crippen LogP contribution in [-0.2, 0) is 5.60 Å². The highest BCUT2D eigenvalue weighted by molar-refractivity contribution is 5.49. The van der Waals surface area contributed by atoms with Crippen molar-refractivity contribution < 1.29 is 5.11 Å². The number of hydrogen-bond donors (Lipinski definition) is 1. The van der Waals surface area contributed by atoms with Crippen LogP contribution in [-0.4, -0.2) is 18.7 Å². The lowest BCUT2D eigenvalue weighted by Crippen LogP contribution is -2.36. The predicted octanol–water partition coefficient (Wildman–Crippen LogP) is 2.90. The summed E-state index contributed by atoms with van der Waals surface area (Å²) in [6, 6.07) is 19.1. The number of rotatable bonds is 4. The van der Waals surface area contributed by atoms with Gasteiger partial charge in [0.2, 0.25) is 0 Å². The van der Waals surface area contributed by atoms with Crippen LogP contribution >= 0.6 is 0 Å². The molecule has 0 fully saturated rings. The van der Waals surface area contributed by atoms with Gasteiger partial charge in [-0.15, -0.1) is 0 Å². The number of hydrogen-bond acceptors (Lipinski definition) is 3. The summed E-state index contributed by atoms with van der Waals surface area (Å²) in [5.41, 5.74) is 1.57. The van der Waals surface area contributed by atoms with Crippen molar-refractivity contribution in [1.82, 2.24) is 0 Å². The van der Waals surface area contributed by atoms with E-state index in [0.717, 1.165) is 11.3 Å². The third-order valence-corrected chi connectivity index (χ3v) is 3.38. The first kappa shape index (κ1) is 14.1. The van der Waals surface area contributed by atoms with E-state index >= 15 is 0 Å². The Morgan fingerprint density at radius 2 is 1.70 bits per heavy atom. The summed E-state index contributed by atoms with van der Waals surface area (Å²) in [6.45, 7) is 2.28. The minimum absolute atomic E-state index is 0.475. The van der Waals surface area contributed by atoms with Crippen LogP contribution in [0.1, 0.15) is 18.1 Å². The van der Waals surface area contributed by atoms with Gasteiger partial charge >= 0.3 is 0 Å². The molecule has 2 aromatic carbocycles. The molecule has 0 spiro atoms. The summed E-state index contributed by atoms with van der Waals surface area (Å²) in [5.74, 6) is 0. The number of benzene rings is 2. The Labute approximate surface area is 119 Å². The maximum atomic E-state index is 10.6. The van der Waals surface area contributed by atoms with Crippen molar-refractivity contribution >= 4 is 5.69 Å². The van der Waals surface area contributed by atoms with Crippen molar-refractivity contribution in [2.24, 2.45) is 0 Å². The molecule has 2 rings (SSSR count). The zero-order valence-electron chi connectivity index (χ0n) is 11.7. The second-order valence-corrected chi connectivity index (χ2v) is 5.15. The molecular weight excluding hydrogens is 248 g/mol. The molecule has 3 heteroatoms. The summed E-state index contributed by atoms with van der Waals surface area (Å²) in [6.07, 6.45) is 0. The first-order chi connectivity index (χ1) is 9.53. The molecule has 0 bridgehead atoms. The normalized spacial score (nSPS) is 13.3. The number of likely N-dealkylation sites (N-methyl/N-ethyl adjacent to an activating group) is 1. The topological polar surface area (TPSA) is 47.3 Å². The van der Waals surface area contributed by atoms with Crippen molar-refractivity contribution in [2.75, 3.05) is 18.5 Å². The summed E-state index contributed by atoms with van der Waals surface area (Å²) in [5, 5.41) is 19.4. The van der Waals surface area contributed by atoms with Gasteiger partial charge in [0.05, 0.1) is 18.2 Å². The molecule has 1 unspecified atom stereocenters. The van der Waals surface area contributed by atoms with Crippen LogP contribution in [0.15, 0.2) is 54.6 Å². The van der Waals surface area contributed by atoms with Gasteiger partial charge in [0.15, 0.2) is 0 Å². The van der Waals surface area contributed by atoms with E-state index in [9.17, 15) is 5.11 Å².